The third-order valence-electron chi connectivity index (χ3n) is 4.94. The summed E-state index contributed by atoms with van der Waals surface area (Å²) in [6.45, 7) is 6.80. The first-order chi connectivity index (χ1) is 10.4. The number of likely N-dealkylation sites (tertiary alicyclic amines) is 1. The van der Waals surface area contributed by atoms with Gasteiger partial charge >= 0.3 is 5.97 Å². The summed E-state index contributed by atoms with van der Waals surface area (Å²) in [7, 11) is 0. The van der Waals surface area contributed by atoms with Crippen LogP contribution in [0.15, 0.2) is 24.3 Å². The molecule has 0 spiro atoms. The van der Waals surface area contributed by atoms with Gasteiger partial charge in [-0.15, -0.1) is 0 Å². The van der Waals surface area contributed by atoms with E-state index in [0.717, 1.165) is 12.0 Å². The molecule has 0 aliphatic carbocycles. The quantitative estimate of drug-likeness (QED) is 0.910. The summed E-state index contributed by atoms with van der Waals surface area (Å²) in [5, 5.41) is 9.55. The molecule has 1 aliphatic heterocycles. The Kier molecular flexibility index (Phi) is 4.89. The van der Waals surface area contributed by atoms with E-state index in [1.807, 2.05) is 26.0 Å². The van der Waals surface area contributed by atoms with Crippen LogP contribution in [0.25, 0.3) is 0 Å². The Labute approximate surface area is 132 Å². The summed E-state index contributed by atoms with van der Waals surface area (Å²) < 4.78 is 0. The van der Waals surface area contributed by atoms with E-state index in [2.05, 4.69) is 19.1 Å². The third kappa shape index (κ3) is 3.16. The van der Waals surface area contributed by atoms with Gasteiger partial charge in [-0.1, -0.05) is 45.0 Å². The average molecular weight is 303 g/mol. The SMILES string of the molecule is CCc1cccc(CC(=O)N2CCC(C(=O)O)(C(C)C)C2)c1. The smallest absolute Gasteiger partial charge is 0.311 e. The highest BCUT2D eigenvalue weighted by Crippen LogP contribution is 2.38. The fraction of sp³-hybridized carbons (Fsp3) is 0.556. The normalized spacial score (nSPS) is 21.4. The molecule has 0 bridgehead atoms. The van der Waals surface area contributed by atoms with Crippen LogP contribution in [-0.2, 0) is 22.4 Å². The van der Waals surface area contributed by atoms with Crippen LogP contribution >= 0.6 is 0 Å². The molecule has 1 aromatic rings. The van der Waals surface area contributed by atoms with E-state index in [9.17, 15) is 14.7 Å². The van der Waals surface area contributed by atoms with Gasteiger partial charge in [-0.05, 0) is 29.9 Å². The largest absolute Gasteiger partial charge is 0.481 e. The van der Waals surface area contributed by atoms with E-state index in [-0.39, 0.29) is 11.8 Å². The zero-order valence-corrected chi connectivity index (χ0v) is 13.6. The molecule has 0 aromatic heterocycles. The molecule has 4 nitrogen and oxygen atoms in total. The second-order valence-corrected chi connectivity index (χ2v) is 6.53. The van der Waals surface area contributed by atoms with E-state index < -0.39 is 11.4 Å². The molecule has 1 aromatic carbocycles. The lowest BCUT2D eigenvalue weighted by atomic mass is 9.76. The second kappa shape index (κ2) is 6.51. The molecule has 0 saturated carbocycles. The topological polar surface area (TPSA) is 57.6 Å². The van der Waals surface area contributed by atoms with E-state index in [1.54, 1.807) is 4.90 Å². The van der Waals surface area contributed by atoms with E-state index in [4.69, 9.17) is 0 Å². The number of benzene rings is 1. The number of amides is 1. The van der Waals surface area contributed by atoms with Crippen molar-refractivity contribution in [3.63, 3.8) is 0 Å². The van der Waals surface area contributed by atoms with Gasteiger partial charge in [0, 0.05) is 13.1 Å². The molecule has 1 atom stereocenters. The minimum atomic E-state index is -0.791. The van der Waals surface area contributed by atoms with Crippen molar-refractivity contribution < 1.29 is 14.7 Å². The van der Waals surface area contributed by atoms with Crippen molar-refractivity contribution in [3.05, 3.63) is 35.4 Å². The summed E-state index contributed by atoms with van der Waals surface area (Å²) in [4.78, 5) is 25.8. The van der Waals surface area contributed by atoms with Crippen LogP contribution in [-0.4, -0.2) is 35.0 Å². The van der Waals surface area contributed by atoms with Gasteiger partial charge in [0.05, 0.1) is 11.8 Å². The van der Waals surface area contributed by atoms with Crippen LogP contribution < -0.4 is 0 Å². The highest BCUT2D eigenvalue weighted by molar-refractivity contribution is 5.82. The molecule has 1 amide bonds. The van der Waals surface area contributed by atoms with E-state index in [0.29, 0.717) is 25.9 Å². The van der Waals surface area contributed by atoms with E-state index in [1.165, 1.54) is 5.56 Å². The van der Waals surface area contributed by atoms with Gasteiger partial charge in [-0.25, -0.2) is 0 Å². The first kappa shape index (κ1) is 16.5. The van der Waals surface area contributed by atoms with Gasteiger partial charge in [-0.3, -0.25) is 9.59 Å². The minimum absolute atomic E-state index is 0.0196. The Morgan fingerprint density at radius 3 is 2.55 bits per heavy atom. The molecule has 120 valence electrons. The van der Waals surface area contributed by atoms with Crippen LogP contribution in [0.3, 0.4) is 0 Å². The number of rotatable bonds is 5. The van der Waals surface area contributed by atoms with Crippen LogP contribution in [0.2, 0.25) is 0 Å². The summed E-state index contributed by atoms with van der Waals surface area (Å²) in [6, 6.07) is 8.04. The molecule has 22 heavy (non-hydrogen) atoms. The Bertz CT molecular complexity index is 567. The fourth-order valence-corrected chi connectivity index (χ4v) is 3.18. The van der Waals surface area contributed by atoms with Crippen molar-refractivity contribution >= 4 is 11.9 Å². The summed E-state index contributed by atoms with van der Waals surface area (Å²) in [6.07, 6.45) is 1.84. The maximum absolute atomic E-state index is 12.5. The van der Waals surface area contributed by atoms with Crippen molar-refractivity contribution in [2.75, 3.05) is 13.1 Å². The molecule has 1 saturated heterocycles. The fourth-order valence-electron chi connectivity index (χ4n) is 3.18. The summed E-state index contributed by atoms with van der Waals surface area (Å²) >= 11 is 0. The Hall–Kier alpha value is -1.84. The molecule has 1 N–H and O–H groups in total. The Morgan fingerprint density at radius 2 is 2.00 bits per heavy atom. The highest BCUT2D eigenvalue weighted by Gasteiger charge is 2.48. The van der Waals surface area contributed by atoms with Crippen LogP contribution in [0.5, 0.6) is 0 Å². The van der Waals surface area contributed by atoms with Gasteiger partial charge in [0.15, 0.2) is 0 Å². The van der Waals surface area contributed by atoms with Crippen molar-refractivity contribution in [1.29, 1.82) is 0 Å². The third-order valence-corrected chi connectivity index (χ3v) is 4.94. The predicted molar refractivity (Wildman–Crippen MR) is 85.6 cm³/mol. The average Bonchev–Trinajstić information content (AvgIpc) is 2.94. The minimum Gasteiger partial charge on any atom is -0.481 e. The van der Waals surface area contributed by atoms with Gasteiger partial charge in [0.25, 0.3) is 0 Å². The molecular weight excluding hydrogens is 278 g/mol. The first-order valence-corrected chi connectivity index (χ1v) is 7.98. The van der Waals surface area contributed by atoms with Gasteiger partial charge in [0.1, 0.15) is 0 Å². The zero-order valence-electron chi connectivity index (χ0n) is 13.6. The van der Waals surface area contributed by atoms with Crippen LogP contribution in [0, 0.1) is 11.3 Å². The number of carboxylic acid groups (broad SMARTS) is 1. The number of carbonyl (C=O) groups is 2. The van der Waals surface area contributed by atoms with Crippen LogP contribution in [0.1, 0.15) is 38.3 Å². The molecule has 1 heterocycles. The standard InChI is InChI=1S/C18H25NO3/c1-4-14-6-5-7-15(10-14)11-16(20)19-9-8-18(12-19,13(2)3)17(21)22/h5-7,10,13H,4,8-9,11-12H2,1-3H3,(H,21,22). The first-order valence-electron chi connectivity index (χ1n) is 7.98. The molecule has 0 radical (unpaired) electrons. The lowest BCUT2D eigenvalue weighted by Crippen LogP contribution is -2.41. The lowest BCUT2D eigenvalue weighted by Gasteiger charge is -2.28. The Balaban J connectivity index is 2.07. The van der Waals surface area contributed by atoms with Crippen molar-refractivity contribution in [2.24, 2.45) is 11.3 Å². The summed E-state index contributed by atoms with van der Waals surface area (Å²) in [5.41, 5.74) is 1.43. The maximum Gasteiger partial charge on any atom is 0.311 e. The summed E-state index contributed by atoms with van der Waals surface area (Å²) in [5.74, 6) is -0.742. The number of hydrogen-bond acceptors (Lipinski definition) is 2. The zero-order chi connectivity index (χ0) is 16.3. The number of carboxylic acids is 1. The van der Waals surface area contributed by atoms with Crippen LogP contribution in [0.4, 0.5) is 0 Å². The van der Waals surface area contributed by atoms with E-state index >= 15 is 0 Å². The van der Waals surface area contributed by atoms with Crippen molar-refractivity contribution in [3.8, 4) is 0 Å². The number of nitrogens with zero attached hydrogens (tertiary/aromatic N) is 1. The second-order valence-electron chi connectivity index (χ2n) is 6.53. The highest BCUT2D eigenvalue weighted by atomic mass is 16.4. The Morgan fingerprint density at radius 1 is 1.32 bits per heavy atom. The molecule has 1 aliphatic rings. The van der Waals surface area contributed by atoms with Gasteiger partial charge < -0.3 is 10.0 Å². The van der Waals surface area contributed by atoms with Gasteiger partial charge in [0.2, 0.25) is 5.91 Å². The van der Waals surface area contributed by atoms with Crippen molar-refractivity contribution in [2.45, 2.75) is 40.0 Å². The molecule has 1 unspecified atom stereocenters. The number of carbonyl (C=O) groups excluding carboxylic acids is 1. The molecular formula is C18H25NO3. The number of hydrogen-bond donors (Lipinski definition) is 1. The molecule has 4 heteroatoms. The van der Waals surface area contributed by atoms with Crippen molar-refractivity contribution in [1.82, 2.24) is 4.90 Å². The molecule has 2 rings (SSSR count). The monoisotopic (exact) mass is 303 g/mol. The van der Waals surface area contributed by atoms with Gasteiger partial charge in [-0.2, -0.15) is 0 Å². The number of aryl methyl sites for hydroxylation is 1. The number of aliphatic carboxylic acids is 1. The molecule has 1 fully saturated rings. The predicted octanol–water partition coefficient (Wildman–Crippen LogP) is 2.75. The lowest BCUT2D eigenvalue weighted by molar-refractivity contribution is -0.151. The maximum atomic E-state index is 12.5.